The first-order valence-electron chi connectivity index (χ1n) is 7.31. The van der Waals surface area contributed by atoms with Crippen molar-refractivity contribution in [2.75, 3.05) is 34.4 Å². The van der Waals surface area contributed by atoms with Gasteiger partial charge in [-0.05, 0) is 30.3 Å². The second kappa shape index (κ2) is 8.08. The Bertz CT molecular complexity index is 643. The zero-order chi connectivity index (χ0) is 16.7. The molecule has 0 saturated heterocycles. The molecule has 0 aliphatic carbocycles. The van der Waals surface area contributed by atoms with Gasteiger partial charge in [0.2, 0.25) is 0 Å². The van der Waals surface area contributed by atoms with Crippen LogP contribution in [0.25, 0.3) is 0 Å². The Kier molecular flexibility index (Phi) is 5.86. The highest BCUT2D eigenvalue weighted by atomic mass is 16.5. The molecule has 0 bridgehead atoms. The standard InChI is InChI=1S/C18H21NO4/c1-19(11-12-23-14-7-5-4-6-8-14)18(20)16-13-15(21-2)9-10-17(16)22-3/h4-10,13H,11-12H2,1-3H3. The second-order valence-corrected chi connectivity index (χ2v) is 4.95. The first-order valence-corrected chi connectivity index (χ1v) is 7.31. The molecule has 0 atom stereocenters. The Morgan fingerprint density at radius 3 is 2.39 bits per heavy atom. The summed E-state index contributed by atoms with van der Waals surface area (Å²) < 4.78 is 16.0. The zero-order valence-corrected chi connectivity index (χ0v) is 13.6. The average molecular weight is 315 g/mol. The van der Waals surface area contributed by atoms with Crippen LogP contribution in [0.3, 0.4) is 0 Å². The Hall–Kier alpha value is -2.69. The minimum Gasteiger partial charge on any atom is -0.497 e. The molecule has 0 aliphatic heterocycles. The summed E-state index contributed by atoms with van der Waals surface area (Å²) in [6.07, 6.45) is 0. The number of hydrogen-bond acceptors (Lipinski definition) is 4. The van der Waals surface area contributed by atoms with E-state index in [1.165, 1.54) is 7.11 Å². The minimum atomic E-state index is -0.141. The molecule has 1 amide bonds. The van der Waals surface area contributed by atoms with Crippen LogP contribution in [-0.2, 0) is 0 Å². The van der Waals surface area contributed by atoms with Crippen molar-refractivity contribution in [1.82, 2.24) is 4.90 Å². The Morgan fingerprint density at radius 2 is 1.74 bits per heavy atom. The van der Waals surface area contributed by atoms with Crippen molar-refractivity contribution < 1.29 is 19.0 Å². The van der Waals surface area contributed by atoms with E-state index in [1.807, 2.05) is 30.3 Å². The summed E-state index contributed by atoms with van der Waals surface area (Å²) in [6, 6.07) is 14.7. The fraction of sp³-hybridized carbons (Fsp3) is 0.278. The SMILES string of the molecule is COc1ccc(OC)c(C(=O)N(C)CCOc2ccccc2)c1. The van der Waals surface area contributed by atoms with E-state index >= 15 is 0 Å². The largest absolute Gasteiger partial charge is 0.497 e. The van der Waals surface area contributed by atoms with Gasteiger partial charge in [-0.15, -0.1) is 0 Å². The first-order chi connectivity index (χ1) is 11.2. The van der Waals surface area contributed by atoms with Crippen LogP contribution in [-0.4, -0.2) is 45.2 Å². The van der Waals surface area contributed by atoms with Crippen molar-refractivity contribution in [3.05, 3.63) is 54.1 Å². The zero-order valence-electron chi connectivity index (χ0n) is 13.6. The van der Waals surface area contributed by atoms with Gasteiger partial charge in [-0.2, -0.15) is 0 Å². The highest BCUT2D eigenvalue weighted by Crippen LogP contribution is 2.25. The van der Waals surface area contributed by atoms with Gasteiger partial charge in [0.1, 0.15) is 23.9 Å². The number of amides is 1. The monoisotopic (exact) mass is 315 g/mol. The number of carbonyl (C=O) groups is 1. The Balaban J connectivity index is 1.99. The predicted molar refractivity (Wildman–Crippen MR) is 88.4 cm³/mol. The quantitative estimate of drug-likeness (QED) is 0.788. The van der Waals surface area contributed by atoms with Gasteiger partial charge in [0, 0.05) is 7.05 Å². The van der Waals surface area contributed by atoms with E-state index in [0.717, 1.165) is 5.75 Å². The smallest absolute Gasteiger partial charge is 0.257 e. The highest BCUT2D eigenvalue weighted by Gasteiger charge is 2.17. The molecule has 0 aliphatic rings. The molecule has 0 saturated carbocycles. The van der Waals surface area contributed by atoms with Crippen LogP contribution in [0.4, 0.5) is 0 Å². The number of benzene rings is 2. The normalized spacial score (nSPS) is 10.0. The molecule has 5 heteroatoms. The van der Waals surface area contributed by atoms with Crippen molar-refractivity contribution in [3.63, 3.8) is 0 Å². The van der Waals surface area contributed by atoms with E-state index in [0.29, 0.717) is 30.2 Å². The van der Waals surface area contributed by atoms with Crippen molar-refractivity contribution in [2.24, 2.45) is 0 Å². The summed E-state index contributed by atoms with van der Waals surface area (Å²) in [4.78, 5) is 14.2. The van der Waals surface area contributed by atoms with Gasteiger partial charge in [0.15, 0.2) is 0 Å². The fourth-order valence-electron chi connectivity index (χ4n) is 2.11. The van der Waals surface area contributed by atoms with Gasteiger partial charge in [0.25, 0.3) is 5.91 Å². The van der Waals surface area contributed by atoms with Crippen LogP contribution >= 0.6 is 0 Å². The number of rotatable bonds is 7. The molecule has 0 unspecified atom stereocenters. The first kappa shape index (κ1) is 16.7. The number of para-hydroxylation sites is 1. The molecule has 2 aromatic carbocycles. The molecule has 2 rings (SSSR count). The third kappa shape index (κ3) is 4.39. The van der Waals surface area contributed by atoms with Crippen LogP contribution in [0.2, 0.25) is 0 Å². The van der Waals surface area contributed by atoms with Crippen LogP contribution < -0.4 is 14.2 Å². The van der Waals surface area contributed by atoms with Gasteiger partial charge < -0.3 is 19.1 Å². The number of nitrogens with zero attached hydrogens (tertiary/aromatic N) is 1. The predicted octanol–water partition coefficient (Wildman–Crippen LogP) is 2.85. The summed E-state index contributed by atoms with van der Waals surface area (Å²) in [7, 11) is 4.83. The lowest BCUT2D eigenvalue weighted by atomic mass is 10.1. The van der Waals surface area contributed by atoms with Gasteiger partial charge in [-0.1, -0.05) is 18.2 Å². The number of ether oxygens (including phenoxy) is 3. The summed E-state index contributed by atoms with van der Waals surface area (Å²) in [5.74, 6) is 1.78. The second-order valence-electron chi connectivity index (χ2n) is 4.95. The molecule has 0 aromatic heterocycles. The van der Waals surface area contributed by atoms with E-state index in [4.69, 9.17) is 14.2 Å². The van der Waals surface area contributed by atoms with E-state index in [2.05, 4.69) is 0 Å². The van der Waals surface area contributed by atoms with Crippen LogP contribution in [0, 0.1) is 0 Å². The van der Waals surface area contributed by atoms with Crippen LogP contribution in [0.1, 0.15) is 10.4 Å². The lowest BCUT2D eigenvalue weighted by Gasteiger charge is -2.19. The molecule has 23 heavy (non-hydrogen) atoms. The number of methoxy groups -OCH3 is 2. The highest BCUT2D eigenvalue weighted by molar-refractivity contribution is 5.97. The van der Waals surface area contributed by atoms with Crippen molar-refractivity contribution in [3.8, 4) is 17.2 Å². The fourth-order valence-corrected chi connectivity index (χ4v) is 2.11. The average Bonchev–Trinajstić information content (AvgIpc) is 2.61. The topological polar surface area (TPSA) is 48.0 Å². The summed E-state index contributed by atoms with van der Waals surface area (Å²) in [5.41, 5.74) is 0.467. The minimum absolute atomic E-state index is 0.141. The Labute approximate surface area is 136 Å². The molecule has 122 valence electrons. The number of carbonyl (C=O) groups excluding carboxylic acids is 1. The molecule has 0 spiro atoms. The number of likely N-dealkylation sites (N-methyl/N-ethyl adjacent to an activating group) is 1. The van der Waals surface area contributed by atoms with Crippen LogP contribution in [0.5, 0.6) is 17.2 Å². The third-order valence-electron chi connectivity index (χ3n) is 3.42. The molecule has 0 N–H and O–H groups in total. The maximum absolute atomic E-state index is 12.6. The van der Waals surface area contributed by atoms with Crippen molar-refractivity contribution >= 4 is 5.91 Å². The van der Waals surface area contributed by atoms with Crippen LogP contribution in [0.15, 0.2) is 48.5 Å². The van der Waals surface area contributed by atoms with Crippen molar-refractivity contribution in [1.29, 1.82) is 0 Å². The summed E-state index contributed by atoms with van der Waals surface area (Å²) >= 11 is 0. The van der Waals surface area contributed by atoms with E-state index in [9.17, 15) is 4.79 Å². The summed E-state index contributed by atoms with van der Waals surface area (Å²) in [6.45, 7) is 0.882. The lowest BCUT2D eigenvalue weighted by molar-refractivity contribution is 0.0770. The molecule has 5 nitrogen and oxygen atoms in total. The van der Waals surface area contributed by atoms with Crippen molar-refractivity contribution in [2.45, 2.75) is 0 Å². The molecule has 0 fully saturated rings. The molecule has 0 heterocycles. The Morgan fingerprint density at radius 1 is 1.00 bits per heavy atom. The van der Waals surface area contributed by atoms with E-state index in [1.54, 1.807) is 37.3 Å². The number of hydrogen-bond donors (Lipinski definition) is 0. The maximum Gasteiger partial charge on any atom is 0.257 e. The molecule has 2 aromatic rings. The summed E-state index contributed by atoms with van der Waals surface area (Å²) in [5, 5.41) is 0. The van der Waals surface area contributed by atoms with Gasteiger partial charge in [0.05, 0.1) is 26.3 Å². The lowest BCUT2D eigenvalue weighted by Crippen LogP contribution is -2.31. The molecular formula is C18H21NO4. The maximum atomic E-state index is 12.6. The third-order valence-corrected chi connectivity index (χ3v) is 3.42. The molecular weight excluding hydrogens is 294 g/mol. The van der Waals surface area contributed by atoms with E-state index < -0.39 is 0 Å². The molecule has 0 radical (unpaired) electrons. The van der Waals surface area contributed by atoms with Gasteiger partial charge >= 0.3 is 0 Å². The van der Waals surface area contributed by atoms with E-state index in [-0.39, 0.29) is 5.91 Å². The van der Waals surface area contributed by atoms with Gasteiger partial charge in [-0.25, -0.2) is 0 Å². The van der Waals surface area contributed by atoms with Gasteiger partial charge in [-0.3, -0.25) is 4.79 Å².